The fourth-order valence-electron chi connectivity index (χ4n) is 1.78. The maximum Gasteiger partial charge on any atom is 0.407 e. The van der Waals surface area contributed by atoms with Gasteiger partial charge >= 0.3 is 6.09 Å². The van der Waals surface area contributed by atoms with Crippen LogP contribution in [-0.2, 0) is 11.3 Å². The summed E-state index contributed by atoms with van der Waals surface area (Å²) in [5, 5.41) is 6.23. The number of alkyl carbamates (subject to hydrolysis) is 1. The van der Waals surface area contributed by atoms with E-state index in [4.69, 9.17) is 10.3 Å². The third-order valence-corrected chi connectivity index (χ3v) is 2.90. The standard InChI is InChI=1S/C13H15N4O2/c14-17-15-7-6-11-8-12(11)16-13(18)19-9-10-4-2-1-3-5-10/h1-5,12H,6-9H2,(H,16,18). The first-order valence-corrected chi connectivity index (χ1v) is 6.12. The van der Waals surface area contributed by atoms with Crippen molar-refractivity contribution in [3.05, 3.63) is 52.3 Å². The largest absolute Gasteiger partial charge is 0.445 e. The summed E-state index contributed by atoms with van der Waals surface area (Å²) in [6.45, 7) is 0.719. The first-order valence-electron chi connectivity index (χ1n) is 6.12. The minimum Gasteiger partial charge on any atom is -0.445 e. The number of rotatable bonds is 6. The summed E-state index contributed by atoms with van der Waals surface area (Å²) in [7, 11) is 0. The van der Waals surface area contributed by atoms with Gasteiger partial charge in [0.2, 0.25) is 0 Å². The molecule has 19 heavy (non-hydrogen) atoms. The molecule has 1 amide bonds. The molecule has 1 unspecified atom stereocenters. The molecule has 1 fully saturated rings. The van der Waals surface area contributed by atoms with Gasteiger partial charge < -0.3 is 10.1 Å². The van der Waals surface area contributed by atoms with Crippen LogP contribution < -0.4 is 5.32 Å². The number of nitrogens with zero attached hydrogens (tertiary/aromatic N) is 3. The molecule has 0 heterocycles. The maximum atomic E-state index is 11.5. The number of hydrogen-bond acceptors (Lipinski definition) is 3. The second-order valence-corrected chi connectivity index (χ2v) is 4.33. The molecule has 1 aliphatic carbocycles. The van der Waals surface area contributed by atoms with Crippen LogP contribution in [0, 0.1) is 5.92 Å². The van der Waals surface area contributed by atoms with Crippen LogP contribution in [0.15, 0.2) is 35.4 Å². The van der Waals surface area contributed by atoms with E-state index in [2.05, 4.69) is 15.3 Å². The average molecular weight is 259 g/mol. The molecule has 0 bridgehead atoms. The lowest BCUT2D eigenvalue weighted by Gasteiger charge is -2.06. The van der Waals surface area contributed by atoms with Gasteiger partial charge in [0.1, 0.15) is 6.61 Å². The zero-order chi connectivity index (χ0) is 13.5. The van der Waals surface area contributed by atoms with Crippen LogP contribution >= 0.6 is 0 Å². The molecule has 2 rings (SSSR count). The predicted molar refractivity (Wildman–Crippen MR) is 70.0 cm³/mol. The molecule has 6 heteroatoms. The lowest BCUT2D eigenvalue weighted by Crippen LogP contribution is -2.27. The Kier molecular flexibility index (Phi) is 4.64. The Morgan fingerprint density at radius 1 is 1.47 bits per heavy atom. The summed E-state index contributed by atoms with van der Waals surface area (Å²) < 4.78 is 5.11. The third-order valence-electron chi connectivity index (χ3n) is 2.90. The van der Waals surface area contributed by atoms with Crippen molar-refractivity contribution in [2.75, 3.05) is 6.54 Å². The highest BCUT2D eigenvalue weighted by Crippen LogP contribution is 2.36. The number of carbonyl (C=O) groups is 1. The maximum absolute atomic E-state index is 11.5. The number of nitrogens with one attached hydrogen (secondary N) is 1. The van der Waals surface area contributed by atoms with E-state index >= 15 is 0 Å². The first-order chi connectivity index (χ1) is 9.29. The molecular formula is C13H15N4O2. The Bertz CT molecular complexity index is 471. The van der Waals surface area contributed by atoms with Gasteiger partial charge in [-0.3, -0.25) is 0 Å². The second kappa shape index (κ2) is 6.66. The molecule has 1 aromatic carbocycles. The monoisotopic (exact) mass is 259 g/mol. The van der Waals surface area contributed by atoms with E-state index in [9.17, 15) is 4.79 Å². The van der Waals surface area contributed by atoms with Gasteiger partial charge in [0.25, 0.3) is 0 Å². The first kappa shape index (κ1) is 13.2. The third kappa shape index (κ3) is 4.52. The van der Waals surface area contributed by atoms with E-state index in [1.165, 1.54) is 5.92 Å². The zero-order valence-electron chi connectivity index (χ0n) is 10.5. The molecule has 1 radical (unpaired) electrons. The summed E-state index contributed by atoms with van der Waals surface area (Å²) in [5.41, 5.74) is 9.11. The summed E-state index contributed by atoms with van der Waals surface area (Å²) >= 11 is 0. The van der Waals surface area contributed by atoms with Crippen molar-refractivity contribution >= 4 is 6.09 Å². The van der Waals surface area contributed by atoms with Gasteiger partial charge in [-0.15, -0.1) is 0 Å². The molecule has 1 atom stereocenters. The molecular weight excluding hydrogens is 244 g/mol. The van der Waals surface area contributed by atoms with Crippen molar-refractivity contribution in [1.29, 1.82) is 0 Å². The van der Waals surface area contributed by atoms with Crippen LogP contribution in [-0.4, -0.2) is 18.7 Å². The van der Waals surface area contributed by atoms with Crippen LogP contribution in [0.1, 0.15) is 18.4 Å². The van der Waals surface area contributed by atoms with Crippen molar-refractivity contribution in [3.63, 3.8) is 0 Å². The van der Waals surface area contributed by atoms with Gasteiger partial charge in [0.05, 0.1) is 0 Å². The van der Waals surface area contributed by atoms with Crippen molar-refractivity contribution in [2.24, 2.45) is 5.11 Å². The van der Waals surface area contributed by atoms with E-state index in [1.54, 1.807) is 0 Å². The van der Waals surface area contributed by atoms with E-state index in [1.807, 2.05) is 30.3 Å². The average Bonchev–Trinajstić information content (AvgIpc) is 3.16. The second-order valence-electron chi connectivity index (χ2n) is 4.33. The SMILES string of the molecule is [N-]=[N+]=NCC[C]1CC1NC(=O)OCc1ccccc1. The van der Waals surface area contributed by atoms with Gasteiger partial charge in [0.15, 0.2) is 0 Å². The quantitative estimate of drug-likeness (QED) is 0.483. The van der Waals surface area contributed by atoms with E-state index < -0.39 is 6.09 Å². The highest BCUT2D eigenvalue weighted by molar-refractivity contribution is 5.69. The Morgan fingerprint density at radius 3 is 3.00 bits per heavy atom. The zero-order valence-corrected chi connectivity index (χ0v) is 10.5. The van der Waals surface area contributed by atoms with Crippen LogP contribution in [0.25, 0.3) is 10.4 Å². The van der Waals surface area contributed by atoms with Gasteiger partial charge in [0, 0.05) is 23.4 Å². The van der Waals surface area contributed by atoms with E-state index in [0.717, 1.165) is 18.4 Å². The molecule has 1 N–H and O–H groups in total. The lowest BCUT2D eigenvalue weighted by molar-refractivity contribution is 0.139. The Morgan fingerprint density at radius 2 is 2.26 bits per heavy atom. The molecule has 6 nitrogen and oxygen atoms in total. The predicted octanol–water partition coefficient (Wildman–Crippen LogP) is 2.96. The Balaban J connectivity index is 1.62. The number of azide groups is 1. The van der Waals surface area contributed by atoms with Crippen LogP contribution in [0.3, 0.4) is 0 Å². The molecule has 0 saturated heterocycles. The Hall–Kier alpha value is -2.20. The van der Waals surface area contributed by atoms with Crippen molar-refractivity contribution < 1.29 is 9.53 Å². The van der Waals surface area contributed by atoms with Crippen LogP contribution in [0.4, 0.5) is 4.79 Å². The van der Waals surface area contributed by atoms with Crippen molar-refractivity contribution in [1.82, 2.24) is 5.32 Å². The van der Waals surface area contributed by atoms with E-state index in [0.29, 0.717) is 6.54 Å². The lowest BCUT2D eigenvalue weighted by atomic mass is 10.2. The van der Waals surface area contributed by atoms with Crippen molar-refractivity contribution in [3.8, 4) is 0 Å². The molecule has 1 aliphatic rings. The van der Waals surface area contributed by atoms with Gasteiger partial charge in [-0.25, -0.2) is 4.79 Å². The van der Waals surface area contributed by atoms with Gasteiger partial charge in [-0.1, -0.05) is 35.4 Å². The van der Waals surface area contributed by atoms with Gasteiger partial charge in [-0.05, 0) is 23.9 Å². The van der Waals surface area contributed by atoms with Crippen LogP contribution in [0.2, 0.25) is 0 Å². The van der Waals surface area contributed by atoms with Crippen molar-refractivity contribution in [2.45, 2.75) is 25.5 Å². The summed E-state index contributed by atoms with van der Waals surface area (Å²) in [6, 6.07) is 9.61. The van der Waals surface area contributed by atoms with E-state index in [-0.39, 0.29) is 12.6 Å². The number of hydrogen-bond donors (Lipinski definition) is 1. The summed E-state index contributed by atoms with van der Waals surface area (Å²) in [4.78, 5) is 14.2. The number of benzene rings is 1. The molecule has 0 spiro atoms. The topological polar surface area (TPSA) is 87.1 Å². The minimum atomic E-state index is -0.410. The smallest absolute Gasteiger partial charge is 0.407 e. The highest BCUT2D eigenvalue weighted by atomic mass is 16.5. The number of carbonyl (C=O) groups excluding carboxylic acids is 1. The molecule has 0 aromatic heterocycles. The normalized spacial score (nSPS) is 17.4. The highest BCUT2D eigenvalue weighted by Gasteiger charge is 2.38. The molecule has 0 aliphatic heterocycles. The summed E-state index contributed by atoms with van der Waals surface area (Å²) in [6.07, 6.45) is 1.17. The molecule has 1 saturated carbocycles. The Labute approximate surface area is 111 Å². The number of ether oxygens (including phenoxy) is 1. The minimum absolute atomic E-state index is 0.0807. The van der Waals surface area contributed by atoms with Crippen LogP contribution in [0.5, 0.6) is 0 Å². The van der Waals surface area contributed by atoms with Gasteiger partial charge in [-0.2, -0.15) is 0 Å². The fraction of sp³-hybridized carbons (Fsp3) is 0.385. The summed E-state index contributed by atoms with van der Waals surface area (Å²) in [5.74, 6) is 1.20. The molecule has 99 valence electrons. The number of amides is 1. The molecule has 1 aromatic rings. The fourth-order valence-corrected chi connectivity index (χ4v) is 1.78.